The summed E-state index contributed by atoms with van der Waals surface area (Å²) in [5.74, 6) is -0.227. The van der Waals surface area contributed by atoms with Crippen LogP contribution in [0, 0.1) is 13.8 Å². The van der Waals surface area contributed by atoms with Crippen molar-refractivity contribution in [3.8, 4) is 0 Å². The van der Waals surface area contributed by atoms with Crippen LogP contribution in [0.3, 0.4) is 0 Å². The van der Waals surface area contributed by atoms with Crippen molar-refractivity contribution in [2.45, 2.75) is 32.8 Å². The molecule has 0 N–H and O–H groups in total. The van der Waals surface area contributed by atoms with Gasteiger partial charge in [0.1, 0.15) is 11.7 Å². The van der Waals surface area contributed by atoms with Gasteiger partial charge < -0.3 is 19.1 Å². The van der Waals surface area contributed by atoms with Gasteiger partial charge in [-0.05, 0) is 38.3 Å². The van der Waals surface area contributed by atoms with E-state index in [-0.39, 0.29) is 29.0 Å². The van der Waals surface area contributed by atoms with Gasteiger partial charge in [-0.25, -0.2) is 0 Å². The Kier molecular flexibility index (Phi) is 4.94. The van der Waals surface area contributed by atoms with E-state index < -0.39 is 0 Å². The second kappa shape index (κ2) is 7.00. The van der Waals surface area contributed by atoms with Crippen LogP contribution in [0.25, 0.3) is 0 Å². The Hall–Kier alpha value is -2.15. The Labute approximate surface area is 147 Å². The van der Waals surface area contributed by atoms with E-state index in [1.807, 2.05) is 13.0 Å². The lowest BCUT2D eigenvalue weighted by Crippen LogP contribution is -2.53. The molecule has 7 heteroatoms. The molecule has 0 unspecified atom stereocenters. The van der Waals surface area contributed by atoms with E-state index in [0.29, 0.717) is 38.3 Å². The second-order valence-corrected chi connectivity index (χ2v) is 6.83. The molecule has 7 nitrogen and oxygen atoms in total. The fourth-order valence-electron chi connectivity index (χ4n) is 3.50. The Morgan fingerprint density at radius 2 is 1.76 bits per heavy atom. The molecule has 0 radical (unpaired) electrons. The third-order valence-corrected chi connectivity index (χ3v) is 5.16. The van der Waals surface area contributed by atoms with Gasteiger partial charge in [-0.2, -0.15) is 0 Å². The Morgan fingerprint density at radius 1 is 1.12 bits per heavy atom. The van der Waals surface area contributed by atoms with Gasteiger partial charge in [-0.1, -0.05) is 0 Å². The summed E-state index contributed by atoms with van der Waals surface area (Å²) in [7, 11) is 1.67. The van der Waals surface area contributed by atoms with Crippen LogP contribution < -0.4 is 5.56 Å². The summed E-state index contributed by atoms with van der Waals surface area (Å²) in [6, 6.07) is 1.85. The van der Waals surface area contributed by atoms with E-state index in [1.165, 1.54) is 4.57 Å². The number of hydrogen-bond acceptors (Lipinski definition) is 4. The molecular weight excluding hydrogens is 322 g/mol. The summed E-state index contributed by atoms with van der Waals surface area (Å²) < 4.78 is 6.95. The Balaban J connectivity index is 1.69. The lowest BCUT2D eigenvalue weighted by atomic mass is 10.1. The first-order valence-electron chi connectivity index (χ1n) is 8.77. The Bertz CT molecular complexity index is 741. The number of aromatic nitrogens is 1. The van der Waals surface area contributed by atoms with Crippen LogP contribution in [-0.2, 0) is 16.6 Å². The number of pyridine rings is 1. The van der Waals surface area contributed by atoms with Gasteiger partial charge in [0.05, 0.1) is 0 Å². The maximum absolute atomic E-state index is 12.8. The van der Waals surface area contributed by atoms with Gasteiger partial charge in [0, 0.05) is 45.5 Å². The number of aryl methyl sites for hydroxylation is 2. The number of ether oxygens (including phenoxy) is 1. The lowest BCUT2D eigenvalue weighted by molar-refractivity contribution is -0.142. The highest BCUT2D eigenvalue weighted by Gasteiger charge is 2.32. The van der Waals surface area contributed by atoms with Crippen LogP contribution >= 0.6 is 0 Å². The van der Waals surface area contributed by atoms with Crippen molar-refractivity contribution >= 4 is 11.8 Å². The summed E-state index contributed by atoms with van der Waals surface area (Å²) in [6.45, 7) is 6.12. The third-order valence-electron chi connectivity index (χ3n) is 5.16. The molecule has 0 aliphatic carbocycles. The highest BCUT2D eigenvalue weighted by Crippen LogP contribution is 2.17. The first-order valence-corrected chi connectivity index (χ1v) is 8.77. The predicted molar refractivity (Wildman–Crippen MR) is 92.6 cm³/mol. The number of hydrogen-bond donors (Lipinski definition) is 0. The van der Waals surface area contributed by atoms with Crippen LogP contribution in [0.2, 0.25) is 0 Å². The maximum Gasteiger partial charge on any atom is 0.263 e. The molecular formula is C18H25N3O4. The monoisotopic (exact) mass is 347 g/mol. The SMILES string of the molecule is Cc1cc(C)n(C)c(=O)c1C(=O)N1CCN(C(=O)[C@H]2CCCO2)CC1. The van der Waals surface area contributed by atoms with E-state index in [2.05, 4.69) is 0 Å². The number of carbonyl (C=O) groups excluding carboxylic acids is 2. The van der Waals surface area contributed by atoms with Gasteiger partial charge in [-0.3, -0.25) is 14.4 Å². The van der Waals surface area contributed by atoms with Crippen molar-refractivity contribution in [1.82, 2.24) is 14.4 Å². The highest BCUT2D eigenvalue weighted by atomic mass is 16.5. The molecule has 2 amide bonds. The third kappa shape index (κ3) is 3.33. The quantitative estimate of drug-likeness (QED) is 0.779. The first-order chi connectivity index (χ1) is 11.9. The molecule has 0 saturated carbocycles. The normalized spacial score (nSPS) is 20.8. The van der Waals surface area contributed by atoms with E-state index in [9.17, 15) is 14.4 Å². The molecule has 0 spiro atoms. The van der Waals surface area contributed by atoms with E-state index in [1.54, 1.807) is 23.8 Å². The van der Waals surface area contributed by atoms with E-state index in [0.717, 1.165) is 18.5 Å². The molecule has 1 aromatic rings. The first kappa shape index (κ1) is 17.7. The minimum Gasteiger partial charge on any atom is -0.368 e. The van der Waals surface area contributed by atoms with Crippen molar-refractivity contribution in [3.05, 3.63) is 33.2 Å². The molecule has 25 heavy (non-hydrogen) atoms. The van der Waals surface area contributed by atoms with E-state index >= 15 is 0 Å². The molecule has 0 bridgehead atoms. The van der Waals surface area contributed by atoms with Crippen LogP contribution in [0.5, 0.6) is 0 Å². The smallest absolute Gasteiger partial charge is 0.263 e. The fourth-order valence-corrected chi connectivity index (χ4v) is 3.50. The fraction of sp³-hybridized carbons (Fsp3) is 0.611. The van der Waals surface area contributed by atoms with E-state index in [4.69, 9.17) is 4.74 Å². The van der Waals surface area contributed by atoms with Crippen molar-refractivity contribution in [2.24, 2.45) is 7.05 Å². The van der Waals surface area contributed by atoms with Crippen molar-refractivity contribution in [2.75, 3.05) is 32.8 Å². The summed E-state index contributed by atoms with van der Waals surface area (Å²) in [5, 5.41) is 0. The van der Waals surface area contributed by atoms with Gasteiger partial charge in [-0.15, -0.1) is 0 Å². The molecule has 2 aliphatic heterocycles. The number of nitrogens with zero attached hydrogens (tertiary/aromatic N) is 3. The van der Waals surface area contributed by atoms with Crippen LogP contribution in [0.1, 0.15) is 34.5 Å². The minimum absolute atomic E-state index is 0.0204. The number of carbonyl (C=O) groups is 2. The van der Waals surface area contributed by atoms with Crippen LogP contribution in [0.15, 0.2) is 10.9 Å². The average Bonchev–Trinajstić information content (AvgIpc) is 3.14. The largest absolute Gasteiger partial charge is 0.368 e. The second-order valence-electron chi connectivity index (χ2n) is 6.83. The molecule has 2 aliphatic rings. The zero-order valence-electron chi connectivity index (χ0n) is 15.1. The number of rotatable bonds is 2. The zero-order chi connectivity index (χ0) is 18.1. The molecule has 1 aromatic heterocycles. The molecule has 2 fully saturated rings. The summed E-state index contributed by atoms with van der Waals surface area (Å²) >= 11 is 0. The lowest BCUT2D eigenvalue weighted by Gasteiger charge is -2.35. The number of amides is 2. The highest BCUT2D eigenvalue weighted by molar-refractivity contribution is 5.95. The average molecular weight is 347 g/mol. The minimum atomic E-state index is -0.325. The van der Waals surface area contributed by atoms with Gasteiger partial charge in [0.2, 0.25) is 0 Å². The van der Waals surface area contributed by atoms with Crippen molar-refractivity contribution in [3.63, 3.8) is 0 Å². The van der Waals surface area contributed by atoms with Crippen LogP contribution in [0.4, 0.5) is 0 Å². The molecule has 3 rings (SSSR count). The summed E-state index contributed by atoms with van der Waals surface area (Å²) in [4.78, 5) is 41.1. The van der Waals surface area contributed by atoms with Gasteiger partial charge >= 0.3 is 0 Å². The zero-order valence-corrected chi connectivity index (χ0v) is 15.1. The standard InChI is InChI=1S/C18H25N3O4/c1-12-11-13(2)19(3)17(23)15(12)18(24)21-8-6-20(7-9-21)16(22)14-5-4-10-25-14/h11,14H,4-10H2,1-3H3/t14-/m1/s1. The number of piperazine rings is 1. The summed E-state index contributed by atoms with van der Waals surface area (Å²) in [6.07, 6.45) is 1.37. The molecule has 3 heterocycles. The Morgan fingerprint density at radius 3 is 2.36 bits per heavy atom. The molecule has 2 saturated heterocycles. The van der Waals surface area contributed by atoms with Gasteiger partial charge in [0.25, 0.3) is 17.4 Å². The van der Waals surface area contributed by atoms with Gasteiger partial charge in [0.15, 0.2) is 0 Å². The molecule has 1 atom stereocenters. The van der Waals surface area contributed by atoms with Crippen molar-refractivity contribution in [1.29, 1.82) is 0 Å². The summed E-state index contributed by atoms with van der Waals surface area (Å²) in [5.41, 5.74) is 1.49. The van der Waals surface area contributed by atoms with Crippen LogP contribution in [-0.4, -0.2) is 65.1 Å². The maximum atomic E-state index is 12.8. The molecule has 0 aromatic carbocycles. The molecule has 136 valence electrons. The van der Waals surface area contributed by atoms with Crippen molar-refractivity contribution < 1.29 is 14.3 Å². The predicted octanol–water partition coefficient (Wildman–Crippen LogP) is 0.466. The topological polar surface area (TPSA) is 71.9 Å².